The molecule has 7 heteroatoms. The molecule has 1 aromatic carbocycles. The molecule has 1 fully saturated rings. The molecule has 1 amide bonds. The van der Waals surface area contributed by atoms with Crippen molar-refractivity contribution in [3.63, 3.8) is 0 Å². The fourth-order valence-electron chi connectivity index (χ4n) is 2.27. The van der Waals surface area contributed by atoms with Gasteiger partial charge in [0.15, 0.2) is 5.11 Å². The van der Waals surface area contributed by atoms with Crippen molar-refractivity contribution in [2.75, 3.05) is 39.4 Å². The van der Waals surface area contributed by atoms with Crippen LogP contribution < -0.4 is 21.1 Å². The number of carbonyl (C=O) groups is 1. The maximum Gasteiger partial charge on any atom is 0.269 e. The molecule has 0 bridgehead atoms. The molecule has 0 atom stereocenters. The van der Waals surface area contributed by atoms with Gasteiger partial charge in [-0.25, -0.2) is 0 Å². The van der Waals surface area contributed by atoms with Crippen LogP contribution in [0.2, 0.25) is 0 Å². The van der Waals surface area contributed by atoms with E-state index < -0.39 is 0 Å². The number of amides is 1. The fraction of sp³-hybridized carbons (Fsp3) is 0.467. The van der Waals surface area contributed by atoms with E-state index in [4.69, 9.17) is 17.0 Å². The molecule has 1 aliphatic heterocycles. The average Bonchev–Trinajstić information content (AvgIpc) is 2.58. The number of hydrogen-bond donors (Lipinski definition) is 4. The molecular weight excluding hydrogens is 300 g/mol. The molecule has 0 spiro atoms. The molecule has 0 unspecified atom stereocenters. The minimum atomic E-state index is -0.206. The number of thiocarbonyl (C=S) groups is 1. The first-order valence-corrected chi connectivity index (χ1v) is 7.97. The van der Waals surface area contributed by atoms with Gasteiger partial charge in [0, 0.05) is 18.5 Å². The van der Waals surface area contributed by atoms with E-state index in [9.17, 15) is 4.79 Å². The summed E-state index contributed by atoms with van der Waals surface area (Å²) in [6.07, 6.45) is 1.03. The van der Waals surface area contributed by atoms with E-state index in [0.717, 1.165) is 45.8 Å². The first kappa shape index (κ1) is 16.7. The Balaban J connectivity index is 1.55. The van der Waals surface area contributed by atoms with Crippen LogP contribution in [0.3, 0.4) is 0 Å². The molecule has 4 N–H and O–H groups in total. The predicted molar refractivity (Wildman–Crippen MR) is 88.6 cm³/mol. The maximum atomic E-state index is 11.8. The van der Waals surface area contributed by atoms with Gasteiger partial charge in [-0.15, -0.1) is 0 Å². The number of benzene rings is 1. The minimum Gasteiger partial charge on any atom is -0.370 e. The normalized spacial score (nSPS) is 15.1. The van der Waals surface area contributed by atoms with E-state index in [2.05, 4.69) is 16.2 Å². The fourth-order valence-corrected chi connectivity index (χ4v) is 2.42. The second-order valence-corrected chi connectivity index (χ2v) is 5.58. The Morgan fingerprint density at radius 3 is 2.64 bits per heavy atom. The van der Waals surface area contributed by atoms with Crippen molar-refractivity contribution in [2.45, 2.75) is 6.42 Å². The third-order valence-electron chi connectivity index (χ3n) is 3.52. The molecule has 6 nitrogen and oxygen atoms in total. The molecule has 1 aromatic rings. The number of rotatable bonds is 5. The van der Waals surface area contributed by atoms with E-state index in [1.165, 1.54) is 0 Å². The zero-order valence-electron chi connectivity index (χ0n) is 12.6. The van der Waals surface area contributed by atoms with Crippen LogP contribution in [0.1, 0.15) is 16.8 Å². The van der Waals surface area contributed by atoms with Crippen LogP contribution >= 0.6 is 12.2 Å². The average molecular weight is 323 g/mol. The van der Waals surface area contributed by atoms with Crippen LogP contribution in [0.25, 0.3) is 0 Å². The summed E-state index contributed by atoms with van der Waals surface area (Å²) in [6.45, 7) is 5.76. The number of hydrogen-bond acceptors (Lipinski definition) is 3. The highest BCUT2D eigenvalue weighted by molar-refractivity contribution is 7.80. The van der Waals surface area contributed by atoms with Gasteiger partial charge in [-0.3, -0.25) is 15.6 Å². The number of carbonyl (C=O) groups excluding carboxylic acids is 1. The Labute approximate surface area is 136 Å². The summed E-state index contributed by atoms with van der Waals surface area (Å²) in [5.74, 6) is -0.206. The molecule has 1 saturated heterocycles. The van der Waals surface area contributed by atoms with E-state index in [1.54, 1.807) is 17.0 Å². The molecule has 1 heterocycles. The van der Waals surface area contributed by atoms with Crippen molar-refractivity contribution < 1.29 is 14.4 Å². The maximum absolute atomic E-state index is 11.8. The molecular formula is C15H23N4O2S+. The smallest absolute Gasteiger partial charge is 0.269 e. The number of quaternary nitrogens is 1. The highest BCUT2D eigenvalue weighted by atomic mass is 32.1. The van der Waals surface area contributed by atoms with Crippen LogP contribution in [0.4, 0.5) is 0 Å². The summed E-state index contributed by atoms with van der Waals surface area (Å²) in [6, 6.07) is 9.00. The van der Waals surface area contributed by atoms with Gasteiger partial charge >= 0.3 is 0 Å². The van der Waals surface area contributed by atoms with Gasteiger partial charge in [0.1, 0.15) is 13.1 Å². The summed E-state index contributed by atoms with van der Waals surface area (Å²) in [5, 5.41) is 3.52. The van der Waals surface area contributed by atoms with E-state index in [1.807, 2.05) is 18.2 Å². The molecule has 120 valence electrons. The van der Waals surface area contributed by atoms with E-state index in [0.29, 0.717) is 10.7 Å². The highest BCUT2D eigenvalue weighted by Gasteiger charge is 2.12. The summed E-state index contributed by atoms with van der Waals surface area (Å²) in [7, 11) is 0. The highest BCUT2D eigenvalue weighted by Crippen LogP contribution is 1.96. The lowest BCUT2D eigenvalue weighted by Gasteiger charge is -2.23. The Kier molecular flexibility index (Phi) is 7.08. The third kappa shape index (κ3) is 5.97. The standard InChI is InChI=1S/C15H22N4O2S/c20-14(13-5-2-1-3-6-13)17-18-15(22)16-7-4-8-19-9-11-21-12-10-19/h1-3,5-6H,4,7-12H2,(H,17,20)(H2,16,18,22)/p+1. The molecule has 0 radical (unpaired) electrons. The summed E-state index contributed by atoms with van der Waals surface area (Å²) >= 11 is 5.13. The number of ether oxygens (including phenoxy) is 1. The topological polar surface area (TPSA) is 66.8 Å². The predicted octanol–water partition coefficient (Wildman–Crippen LogP) is -0.899. The zero-order chi connectivity index (χ0) is 15.6. The van der Waals surface area contributed by atoms with Crippen molar-refractivity contribution in [3.05, 3.63) is 35.9 Å². The number of hydrazine groups is 1. The van der Waals surface area contributed by atoms with Crippen LogP contribution in [0.15, 0.2) is 30.3 Å². The Morgan fingerprint density at radius 1 is 1.18 bits per heavy atom. The number of morpholine rings is 1. The van der Waals surface area contributed by atoms with Gasteiger partial charge in [0.05, 0.1) is 19.8 Å². The molecule has 1 aliphatic rings. The van der Waals surface area contributed by atoms with Gasteiger partial charge in [-0.2, -0.15) is 0 Å². The SMILES string of the molecule is O=C(NNC(=S)NCCC[NH+]1CCOCC1)c1ccccc1. The van der Waals surface area contributed by atoms with Crippen molar-refractivity contribution in [3.8, 4) is 0 Å². The number of nitrogens with one attached hydrogen (secondary N) is 4. The summed E-state index contributed by atoms with van der Waals surface area (Å²) < 4.78 is 5.33. The molecule has 0 aliphatic carbocycles. The molecule has 0 saturated carbocycles. The van der Waals surface area contributed by atoms with Crippen LogP contribution in [0.5, 0.6) is 0 Å². The monoisotopic (exact) mass is 323 g/mol. The van der Waals surface area contributed by atoms with Crippen molar-refractivity contribution >= 4 is 23.2 Å². The first-order valence-electron chi connectivity index (χ1n) is 7.56. The van der Waals surface area contributed by atoms with Gasteiger partial charge in [0.25, 0.3) is 5.91 Å². The lowest BCUT2D eigenvalue weighted by Crippen LogP contribution is -3.14. The van der Waals surface area contributed by atoms with Gasteiger partial charge in [-0.1, -0.05) is 18.2 Å². The largest absolute Gasteiger partial charge is 0.370 e. The van der Waals surface area contributed by atoms with Crippen molar-refractivity contribution in [1.29, 1.82) is 0 Å². The summed E-state index contributed by atoms with van der Waals surface area (Å²) in [4.78, 5) is 13.4. The third-order valence-corrected chi connectivity index (χ3v) is 3.76. The lowest BCUT2D eigenvalue weighted by atomic mass is 10.2. The van der Waals surface area contributed by atoms with Crippen LogP contribution in [0, 0.1) is 0 Å². The van der Waals surface area contributed by atoms with Crippen LogP contribution in [-0.2, 0) is 4.74 Å². The van der Waals surface area contributed by atoms with Gasteiger partial charge in [0.2, 0.25) is 0 Å². The molecule has 0 aromatic heterocycles. The van der Waals surface area contributed by atoms with Crippen LogP contribution in [-0.4, -0.2) is 50.4 Å². The second-order valence-electron chi connectivity index (χ2n) is 5.17. The Morgan fingerprint density at radius 2 is 1.91 bits per heavy atom. The zero-order valence-corrected chi connectivity index (χ0v) is 13.4. The lowest BCUT2D eigenvalue weighted by molar-refractivity contribution is -0.908. The minimum absolute atomic E-state index is 0.206. The molecule has 22 heavy (non-hydrogen) atoms. The van der Waals surface area contributed by atoms with E-state index >= 15 is 0 Å². The van der Waals surface area contributed by atoms with Gasteiger partial charge in [-0.05, 0) is 24.4 Å². The Hall–Kier alpha value is -1.70. The van der Waals surface area contributed by atoms with E-state index in [-0.39, 0.29) is 5.91 Å². The second kappa shape index (κ2) is 9.34. The van der Waals surface area contributed by atoms with Crippen molar-refractivity contribution in [2.24, 2.45) is 0 Å². The first-order chi connectivity index (χ1) is 10.8. The quantitative estimate of drug-likeness (QED) is 0.321. The Bertz CT molecular complexity index is 478. The van der Waals surface area contributed by atoms with Gasteiger partial charge < -0.3 is 15.0 Å². The van der Waals surface area contributed by atoms with Crippen molar-refractivity contribution in [1.82, 2.24) is 16.2 Å². The summed E-state index contributed by atoms with van der Waals surface area (Å²) in [5.41, 5.74) is 5.88. The molecule has 2 rings (SSSR count).